The summed E-state index contributed by atoms with van der Waals surface area (Å²) < 4.78 is 0. The van der Waals surface area contributed by atoms with Gasteiger partial charge in [0.15, 0.2) is 0 Å². The maximum Gasteiger partial charge on any atom is 1.00 e. The molecular formula is C6H8NNaO2. The number of hydrogen-bond acceptors (Lipinski definition) is 2. The van der Waals surface area contributed by atoms with Crippen LogP contribution in [0.1, 0.15) is 19.8 Å². The third-order valence-corrected chi connectivity index (χ3v) is 0.990. The van der Waals surface area contributed by atoms with Crippen molar-refractivity contribution in [2.24, 2.45) is 0 Å². The average molecular weight is 149 g/mol. The van der Waals surface area contributed by atoms with Gasteiger partial charge in [-0.15, -0.1) is 0 Å². The molecule has 0 fully saturated rings. The molecular weight excluding hydrogens is 141 g/mol. The average Bonchev–Trinajstić information content (AvgIpc) is 1.82. The normalized spacial score (nSPS) is 10.8. The van der Waals surface area contributed by atoms with Crippen LogP contribution in [0.3, 0.4) is 0 Å². The maximum absolute atomic E-state index is 10.00. The molecule has 0 saturated heterocycles. The molecule has 10 heavy (non-hydrogen) atoms. The van der Waals surface area contributed by atoms with Crippen LogP contribution >= 0.6 is 0 Å². The number of carbonyl (C=O) groups is 1. The predicted octanol–water partition coefficient (Wildman–Crippen LogP) is -3.17. The zero-order valence-corrected chi connectivity index (χ0v) is 8.26. The van der Waals surface area contributed by atoms with Gasteiger partial charge in [-0.2, -0.15) is 0 Å². The van der Waals surface area contributed by atoms with Crippen LogP contribution in [-0.2, 0) is 4.79 Å². The summed E-state index contributed by atoms with van der Waals surface area (Å²) >= 11 is 0. The van der Waals surface area contributed by atoms with Crippen molar-refractivity contribution in [2.75, 3.05) is 0 Å². The Morgan fingerprint density at radius 1 is 1.80 bits per heavy atom. The number of nitrogens with zero attached hydrogens (tertiary/aromatic N) is 1. The van der Waals surface area contributed by atoms with E-state index in [2.05, 4.69) is 4.85 Å². The zero-order chi connectivity index (χ0) is 7.28. The fraction of sp³-hybridized carbons (Fsp3) is 0.667. The molecule has 0 heterocycles. The standard InChI is InChI=1S/C6H9NO2.Na/c1-3-4-5(7-2)6(8)9;/h5H,3-4H2,1H3,(H,8,9);/q;+1/p-1. The van der Waals surface area contributed by atoms with Gasteiger partial charge in [0.05, 0.1) is 0 Å². The van der Waals surface area contributed by atoms with E-state index in [1.165, 1.54) is 0 Å². The largest absolute Gasteiger partial charge is 1.00 e. The topological polar surface area (TPSA) is 44.5 Å². The van der Waals surface area contributed by atoms with Crippen molar-refractivity contribution in [3.05, 3.63) is 11.4 Å². The van der Waals surface area contributed by atoms with E-state index in [4.69, 9.17) is 6.57 Å². The van der Waals surface area contributed by atoms with Crippen molar-refractivity contribution >= 4 is 5.97 Å². The monoisotopic (exact) mass is 149 g/mol. The third kappa shape index (κ3) is 4.80. The van der Waals surface area contributed by atoms with Crippen LogP contribution < -0.4 is 34.7 Å². The Balaban J connectivity index is 0. The number of hydrogen-bond donors (Lipinski definition) is 0. The van der Waals surface area contributed by atoms with E-state index in [0.717, 1.165) is 0 Å². The Labute approximate surface area is 82.5 Å². The van der Waals surface area contributed by atoms with Gasteiger partial charge in [0.2, 0.25) is 0 Å². The van der Waals surface area contributed by atoms with Gasteiger partial charge in [-0.1, -0.05) is 6.92 Å². The molecule has 0 aromatic heterocycles. The van der Waals surface area contributed by atoms with Crippen molar-refractivity contribution in [3.8, 4) is 0 Å². The quantitative estimate of drug-likeness (QED) is 0.314. The molecule has 0 radical (unpaired) electrons. The molecule has 0 aromatic carbocycles. The number of carboxylic acid groups (broad SMARTS) is 1. The van der Waals surface area contributed by atoms with Gasteiger partial charge in [0, 0.05) is 6.42 Å². The summed E-state index contributed by atoms with van der Waals surface area (Å²) in [5.41, 5.74) is 0. The van der Waals surface area contributed by atoms with Crippen LogP contribution in [0.5, 0.6) is 0 Å². The number of carbonyl (C=O) groups excluding carboxylic acids is 1. The van der Waals surface area contributed by atoms with Gasteiger partial charge in [0.1, 0.15) is 5.97 Å². The second-order valence-electron chi connectivity index (χ2n) is 1.75. The van der Waals surface area contributed by atoms with Gasteiger partial charge in [-0.05, 0) is 6.42 Å². The van der Waals surface area contributed by atoms with Crippen LogP contribution in [0.15, 0.2) is 0 Å². The molecule has 0 saturated carbocycles. The molecule has 0 aliphatic heterocycles. The first-order valence-corrected chi connectivity index (χ1v) is 2.79. The Morgan fingerprint density at radius 2 is 2.30 bits per heavy atom. The summed E-state index contributed by atoms with van der Waals surface area (Å²) in [6, 6.07) is -0.935. The molecule has 0 bridgehead atoms. The van der Waals surface area contributed by atoms with Crippen LogP contribution in [0, 0.1) is 6.57 Å². The summed E-state index contributed by atoms with van der Waals surface area (Å²) in [4.78, 5) is 12.9. The summed E-state index contributed by atoms with van der Waals surface area (Å²) in [6.07, 6.45) is 1.10. The first kappa shape index (κ1) is 12.6. The summed E-state index contributed by atoms with van der Waals surface area (Å²) in [7, 11) is 0. The Bertz CT molecular complexity index is 141. The number of carboxylic acids is 1. The molecule has 0 aliphatic carbocycles. The number of aliphatic carboxylic acids is 1. The molecule has 0 aromatic rings. The van der Waals surface area contributed by atoms with E-state index >= 15 is 0 Å². The van der Waals surface area contributed by atoms with E-state index < -0.39 is 12.0 Å². The Hall–Kier alpha value is -0.0400. The minimum atomic E-state index is -1.26. The SMILES string of the molecule is [C-]#[N+]C(CCC)C(=O)[O-].[Na+]. The van der Waals surface area contributed by atoms with Gasteiger partial charge in [-0.3, -0.25) is 0 Å². The minimum Gasteiger partial charge on any atom is -0.543 e. The predicted molar refractivity (Wildman–Crippen MR) is 30.3 cm³/mol. The van der Waals surface area contributed by atoms with E-state index in [1.54, 1.807) is 0 Å². The van der Waals surface area contributed by atoms with Gasteiger partial charge in [-0.25, -0.2) is 6.57 Å². The molecule has 0 spiro atoms. The van der Waals surface area contributed by atoms with Gasteiger partial charge in [0.25, 0.3) is 6.04 Å². The van der Waals surface area contributed by atoms with Crippen molar-refractivity contribution < 1.29 is 39.5 Å². The van der Waals surface area contributed by atoms with E-state index in [1.807, 2.05) is 6.92 Å². The van der Waals surface area contributed by atoms with E-state index in [0.29, 0.717) is 12.8 Å². The molecule has 0 aliphatic rings. The molecule has 1 unspecified atom stereocenters. The van der Waals surface area contributed by atoms with Gasteiger partial charge < -0.3 is 14.7 Å². The molecule has 1 atom stereocenters. The first-order chi connectivity index (χ1) is 4.22. The van der Waals surface area contributed by atoms with Crippen molar-refractivity contribution in [1.29, 1.82) is 0 Å². The van der Waals surface area contributed by atoms with Crippen LogP contribution in [0.25, 0.3) is 4.85 Å². The van der Waals surface area contributed by atoms with Crippen LogP contribution in [-0.4, -0.2) is 12.0 Å². The zero-order valence-electron chi connectivity index (χ0n) is 6.26. The second kappa shape index (κ2) is 7.07. The second-order valence-corrected chi connectivity index (χ2v) is 1.75. The van der Waals surface area contributed by atoms with Crippen molar-refractivity contribution in [3.63, 3.8) is 0 Å². The number of rotatable bonds is 3. The Morgan fingerprint density at radius 3 is 2.40 bits per heavy atom. The molecule has 0 N–H and O–H groups in total. The molecule has 0 amide bonds. The summed E-state index contributed by atoms with van der Waals surface area (Å²) in [5.74, 6) is -1.26. The smallest absolute Gasteiger partial charge is 0.543 e. The molecule has 4 heteroatoms. The van der Waals surface area contributed by atoms with Crippen LogP contribution in [0.4, 0.5) is 0 Å². The molecule has 50 valence electrons. The van der Waals surface area contributed by atoms with Crippen molar-refractivity contribution in [1.82, 2.24) is 0 Å². The third-order valence-electron chi connectivity index (χ3n) is 0.990. The Kier molecular flexibility index (Phi) is 8.92. The fourth-order valence-corrected chi connectivity index (χ4v) is 0.509. The van der Waals surface area contributed by atoms with Crippen molar-refractivity contribution in [2.45, 2.75) is 25.8 Å². The summed E-state index contributed by atoms with van der Waals surface area (Å²) in [5, 5.41) is 10.00. The molecule has 0 rings (SSSR count). The fourth-order valence-electron chi connectivity index (χ4n) is 0.509. The summed E-state index contributed by atoms with van der Waals surface area (Å²) in [6.45, 7) is 8.23. The first-order valence-electron chi connectivity index (χ1n) is 2.79. The van der Waals surface area contributed by atoms with E-state index in [-0.39, 0.29) is 29.6 Å². The maximum atomic E-state index is 10.00. The van der Waals surface area contributed by atoms with Gasteiger partial charge >= 0.3 is 29.6 Å². The van der Waals surface area contributed by atoms with E-state index in [9.17, 15) is 9.90 Å². The van der Waals surface area contributed by atoms with Crippen LogP contribution in [0.2, 0.25) is 0 Å². The molecule has 3 nitrogen and oxygen atoms in total. The minimum absolute atomic E-state index is 0.